The highest BCUT2D eigenvalue weighted by atomic mass is 32.1. The molecule has 1 aromatic heterocycles. The van der Waals surface area contributed by atoms with Crippen molar-refractivity contribution >= 4 is 22.4 Å². The lowest BCUT2D eigenvalue weighted by atomic mass is 9.98. The molecule has 0 bridgehead atoms. The summed E-state index contributed by atoms with van der Waals surface area (Å²) in [4.78, 5) is 16.4. The van der Waals surface area contributed by atoms with Crippen LogP contribution in [0.3, 0.4) is 0 Å². The summed E-state index contributed by atoms with van der Waals surface area (Å²) in [6.45, 7) is 1.06. The third-order valence-electron chi connectivity index (χ3n) is 3.08. The van der Waals surface area contributed by atoms with Crippen molar-refractivity contribution in [1.82, 2.24) is 10.3 Å². The van der Waals surface area contributed by atoms with Crippen molar-refractivity contribution in [3.63, 3.8) is 0 Å². The van der Waals surface area contributed by atoms with Gasteiger partial charge in [-0.05, 0) is 12.8 Å². The molecule has 1 fully saturated rings. The lowest BCUT2D eigenvalue weighted by Crippen LogP contribution is -2.42. The van der Waals surface area contributed by atoms with E-state index in [1.165, 1.54) is 0 Å². The smallest absolute Gasteiger partial charge is 0.359 e. The largest absolute Gasteiger partial charge is 0.427 e. The van der Waals surface area contributed by atoms with Gasteiger partial charge in [-0.25, -0.2) is 4.98 Å². The Morgan fingerprint density at radius 3 is 2.89 bits per heavy atom. The van der Waals surface area contributed by atoms with Gasteiger partial charge in [0.25, 0.3) is 0 Å². The second kappa shape index (κ2) is 5.36. The Kier molecular flexibility index (Phi) is 3.98. The van der Waals surface area contributed by atoms with E-state index in [0.29, 0.717) is 29.6 Å². The second-order valence-corrected chi connectivity index (χ2v) is 5.41. The van der Waals surface area contributed by atoms with Crippen molar-refractivity contribution in [2.24, 2.45) is 5.92 Å². The van der Waals surface area contributed by atoms with E-state index in [0.717, 1.165) is 19.0 Å². The molecule has 0 aromatic carbocycles. The van der Waals surface area contributed by atoms with E-state index in [4.69, 9.17) is 0 Å². The number of thiazole rings is 1. The Labute approximate surface area is 112 Å². The molecule has 1 N–H and O–H groups in total. The molecule has 4 nitrogen and oxygen atoms in total. The molecule has 1 aliphatic rings. The number of carbonyl (C=O) groups excluding carboxylic acids is 1. The van der Waals surface area contributed by atoms with E-state index in [1.807, 2.05) is 0 Å². The Balaban J connectivity index is 2.09. The third-order valence-corrected chi connectivity index (χ3v) is 4.18. The number of rotatable bonds is 2. The van der Waals surface area contributed by atoms with E-state index in [-0.39, 0.29) is 11.8 Å². The molecule has 1 amide bonds. The van der Waals surface area contributed by atoms with E-state index >= 15 is 0 Å². The standard InChI is InChI=1S/C11H14F3N3OS/c1-15-9(18)7-3-2-4-17(6-7)10-16-5-8(19-10)11(12,13)14/h5,7H,2-4,6H2,1H3,(H,15,18). The van der Waals surface area contributed by atoms with Crippen molar-refractivity contribution in [3.8, 4) is 0 Å². The van der Waals surface area contributed by atoms with Crippen LogP contribution < -0.4 is 10.2 Å². The van der Waals surface area contributed by atoms with Crippen molar-refractivity contribution in [2.45, 2.75) is 19.0 Å². The van der Waals surface area contributed by atoms with Gasteiger partial charge in [0, 0.05) is 20.1 Å². The van der Waals surface area contributed by atoms with Crippen LogP contribution in [0.2, 0.25) is 0 Å². The number of carbonyl (C=O) groups is 1. The molecule has 1 aliphatic heterocycles. The third kappa shape index (κ3) is 3.17. The lowest BCUT2D eigenvalue weighted by molar-refractivity contribution is -0.134. The molecule has 2 rings (SSSR count). The number of hydrogen-bond acceptors (Lipinski definition) is 4. The second-order valence-electron chi connectivity index (χ2n) is 4.40. The summed E-state index contributed by atoms with van der Waals surface area (Å²) in [5, 5.41) is 2.91. The van der Waals surface area contributed by atoms with Crippen molar-refractivity contribution in [2.75, 3.05) is 25.0 Å². The highest BCUT2D eigenvalue weighted by molar-refractivity contribution is 7.15. The minimum Gasteiger partial charge on any atom is -0.359 e. The van der Waals surface area contributed by atoms with Gasteiger partial charge in [0.05, 0.1) is 12.1 Å². The van der Waals surface area contributed by atoms with Gasteiger partial charge in [-0.2, -0.15) is 13.2 Å². The first-order valence-electron chi connectivity index (χ1n) is 5.91. The first-order chi connectivity index (χ1) is 8.91. The number of alkyl halides is 3. The van der Waals surface area contributed by atoms with Crippen LogP contribution in [0.4, 0.5) is 18.3 Å². The number of amides is 1. The van der Waals surface area contributed by atoms with Crippen LogP contribution in [0.25, 0.3) is 0 Å². The van der Waals surface area contributed by atoms with E-state index in [1.54, 1.807) is 11.9 Å². The maximum Gasteiger partial charge on any atom is 0.427 e. The SMILES string of the molecule is CNC(=O)C1CCCN(c2ncc(C(F)(F)F)s2)C1. The Morgan fingerprint density at radius 1 is 1.58 bits per heavy atom. The van der Waals surface area contributed by atoms with Gasteiger partial charge < -0.3 is 10.2 Å². The van der Waals surface area contributed by atoms with Gasteiger partial charge in [0.15, 0.2) is 5.13 Å². The summed E-state index contributed by atoms with van der Waals surface area (Å²) in [7, 11) is 1.56. The summed E-state index contributed by atoms with van der Waals surface area (Å²) in [6, 6.07) is 0. The van der Waals surface area contributed by atoms with Gasteiger partial charge in [0.1, 0.15) is 4.88 Å². The van der Waals surface area contributed by atoms with Crippen LogP contribution in [0.5, 0.6) is 0 Å². The molecular weight excluding hydrogens is 279 g/mol. The Morgan fingerprint density at radius 2 is 2.32 bits per heavy atom. The fraction of sp³-hybridized carbons (Fsp3) is 0.636. The quantitative estimate of drug-likeness (QED) is 0.908. The number of halogens is 3. The zero-order valence-electron chi connectivity index (χ0n) is 10.3. The molecule has 19 heavy (non-hydrogen) atoms. The highest BCUT2D eigenvalue weighted by Crippen LogP contribution is 2.37. The topological polar surface area (TPSA) is 45.2 Å². The van der Waals surface area contributed by atoms with Crippen LogP contribution in [-0.4, -0.2) is 31.0 Å². The van der Waals surface area contributed by atoms with Gasteiger partial charge in [-0.15, -0.1) is 0 Å². The van der Waals surface area contributed by atoms with Crippen molar-refractivity contribution < 1.29 is 18.0 Å². The summed E-state index contributed by atoms with van der Waals surface area (Å²) in [6.07, 6.45) is -1.97. The fourth-order valence-corrected chi connectivity index (χ4v) is 2.93. The van der Waals surface area contributed by atoms with Gasteiger partial charge in [-0.3, -0.25) is 4.79 Å². The molecule has 8 heteroatoms. The summed E-state index contributed by atoms with van der Waals surface area (Å²) < 4.78 is 37.5. The molecule has 1 aromatic rings. The maximum atomic E-state index is 12.5. The number of hydrogen-bond donors (Lipinski definition) is 1. The summed E-state index contributed by atoms with van der Waals surface area (Å²) in [5.41, 5.74) is 0. The predicted octanol–water partition coefficient (Wildman–Crippen LogP) is 2.12. The normalized spacial score (nSPS) is 20.4. The van der Waals surface area contributed by atoms with Crippen molar-refractivity contribution in [1.29, 1.82) is 0 Å². The number of nitrogens with one attached hydrogen (secondary N) is 1. The molecule has 1 unspecified atom stereocenters. The number of aromatic nitrogens is 1. The molecular formula is C11H14F3N3OS. The van der Waals surface area contributed by atoms with Crippen LogP contribution in [0.1, 0.15) is 17.7 Å². The Bertz CT molecular complexity index is 460. The van der Waals surface area contributed by atoms with Crippen LogP contribution in [0, 0.1) is 5.92 Å². The fourth-order valence-electron chi connectivity index (χ4n) is 2.11. The minimum absolute atomic E-state index is 0.0719. The zero-order valence-corrected chi connectivity index (χ0v) is 11.1. The monoisotopic (exact) mass is 293 g/mol. The Hall–Kier alpha value is -1.31. The summed E-state index contributed by atoms with van der Waals surface area (Å²) >= 11 is 0.626. The molecule has 2 heterocycles. The van der Waals surface area contributed by atoms with Gasteiger partial charge in [0.2, 0.25) is 5.91 Å². The average Bonchev–Trinajstić information content (AvgIpc) is 2.87. The molecule has 1 atom stereocenters. The summed E-state index contributed by atoms with van der Waals surface area (Å²) in [5.74, 6) is -0.255. The molecule has 0 aliphatic carbocycles. The number of anilines is 1. The molecule has 1 saturated heterocycles. The zero-order chi connectivity index (χ0) is 14.0. The molecule has 106 valence electrons. The predicted molar refractivity (Wildman–Crippen MR) is 66.1 cm³/mol. The average molecular weight is 293 g/mol. The first-order valence-corrected chi connectivity index (χ1v) is 6.73. The van der Waals surface area contributed by atoms with Crippen LogP contribution in [-0.2, 0) is 11.0 Å². The lowest BCUT2D eigenvalue weighted by Gasteiger charge is -2.31. The van der Waals surface area contributed by atoms with E-state index < -0.39 is 11.1 Å². The van der Waals surface area contributed by atoms with E-state index in [9.17, 15) is 18.0 Å². The number of nitrogens with zero attached hydrogens (tertiary/aromatic N) is 2. The first kappa shape index (κ1) is 14.1. The molecule has 0 radical (unpaired) electrons. The minimum atomic E-state index is -4.36. The van der Waals surface area contributed by atoms with Gasteiger partial charge in [-0.1, -0.05) is 11.3 Å². The highest BCUT2D eigenvalue weighted by Gasteiger charge is 2.34. The molecule has 0 saturated carbocycles. The van der Waals surface area contributed by atoms with Crippen LogP contribution in [0.15, 0.2) is 6.20 Å². The van der Waals surface area contributed by atoms with E-state index in [2.05, 4.69) is 10.3 Å². The molecule has 0 spiro atoms. The number of piperidine rings is 1. The van der Waals surface area contributed by atoms with Crippen LogP contribution >= 0.6 is 11.3 Å². The van der Waals surface area contributed by atoms with Gasteiger partial charge >= 0.3 is 6.18 Å². The maximum absolute atomic E-state index is 12.5. The van der Waals surface area contributed by atoms with Crippen molar-refractivity contribution in [3.05, 3.63) is 11.1 Å².